The maximum atomic E-state index is 13.0. The van der Waals surface area contributed by atoms with Crippen LogP contribution in [0.2, 0.25) is 5.02 Å². The van der Waals surface area contributed by atoms with Gasteiger partial charge in [0.15, 0.2) is 0 Å². The molecule has 1 aliphatic rings. The van der Waals surface area contributed by atoms with Crippen LogP contribution in [-0.4, -0.2) is 46.7 Å². The van der Waals surface area contributed by atoms with E-state index in [2.05, 4.69) is 16.4 Å². The van der Waals surface area contributed by atoms with Gasteiger partial charge in [-0.05, 0) is 24.3 Å². The van der Waals surface area contributed by atoms with Gasteiger partial charge in [-0.15, -0.1) is 0 Å². The molecule has 1 aromatic carbocycles. The summed E-state index contributed by atoms with van der Waals surface area (Å²) in [6, 6.07) is 9.00. The molecule has 28 heavy (non-hydrogen) atoms. The Morgan fingerprint density at radius 1 is 1.32 bits per heavy atom. The molecule has 0 radical (unpaired) electrons. The zero-order chi connectivity index (χ0) is 19.7. The zero-order valence-corrected chi connectivity index (χ0v) is 16.0. The summed E-state index contributed by atoms with van der Waals surface area (Å²) in [5.41, 5.74) is 2.49. The van der Waals surface area contributed by atoms with Crippen molar-refractivity contribution in [2.45, 2.75) is 0 Å². The van der Waals surface area contributed by atoms with E-state index in [1.165, 1.54) is 0 Å². The molecule has 0 aliphatic carbocycles. The van der Waals surface area contributed by atoms with Crippen molar-refractivity contribution in [1.82, 2.24) is 14.5 Å². The number of nitrogens with one attached hydrogen (secondary N) is 1. The van der Waals surface area contributed by atoms with Crippen LogP contribution in [0, 0.1) is 11.3 Å². The van der Waals surface area contributed by atoms with Crippen LogP contribution in [0.25, 0.3) is 10.9 Å². The van der Waals surface area contributed by atoms with Gasteiger partial charge in [-0.3, -0.25) is 4.79 Å². The number of carbonyl (C=O) groups is 1. The average Bonchev–Trinajstić information content (AvgIpc) is 3.12. The van der Waals surface area contributed by atoms with E-state index in [-0.39, 0.29) is 5.91 Å². The number of rotatable bonds is 3. The highest BCUT2D eigenvalue weighted by atomic mass is 35.5. The quantitative estimate of drug-likeness (QED) is 0.735. The van der Waals surface area contributed by atoms with Crippen molar-refractivity contribution < 1.29 is 9.53 Å². The number of aromatic nitrogens is 2. The highest BCUT2D eigenvalue weighted by molar-refractivity contribution is 6.33. The summed E-state index contributed by atoms with van der Waals surface area (Å²) < 4.78 is 7.25. The number of nitrogens with zero attached hydrogens (tertiary/aromatic N) is 4. The molecule has 7 nitrogen and oxygen atoms in total. The fourth-order valence-corrected chi connectivity index (χ4v) is 3.55. The Bertz CT molecular complexity index is 1100. The topological polar surface area (TPSA) is 83.2 Å². The van der Waals surface area contributed by atoms with E-state index in [4.69, 9.17) is 21.6 Å². The van der Waals surface area contributed by atoms with Crippen molar-refractivity contribution in [3.8, 4) is 6.07 Å². The second kappa shape index (κ2) is 7.50. The third-order valence-electron chi connectivity index (χ3n) is 4.79. The van der Waals surface area contributed by atoms with E-state index >= 15 is 0 Å². The van der Waals surface area contributed by atoms with Crippen molar-refractivity contribution in [2.24, 2.45) is 7.05 Å². The predicted octanol–water partition coefficient (Wildman–Crippen LogP) is 3.31. The second-order valence-electron chi connectivity index (χ2n) is 6.55. The molecule has 2 aromatic heterocycles. The normalized spacial score (nSPS) is 14.1. The van der Waals surface area contributed by atoms with E-state index in [1.807, 2.05) is 23.9 Å². The molecule has 3 heterocycles. The predicted molar refractivity (Wildman–Crippen MR) is 107 cm³/mol. The van der Waals surface area contributed by atoms with Crippen LogP contribution < -0.4 is 5.32 Å². The summed E-state index contributed by atoms with van der Waals surface area (Å²) in [5.74, 6) is 0.547. The molecule has 0 unspecified atom stereocenters. The first-order valence-electron chi connectivity index (χ1n) is 8.86. The fourth-order valence-electron chi connectivity index (χ4n) is 3.32. The summed E-state index contributed by atoms with van der Waals surface area (Å²) in [7, 11) is 1.90. The Kier molecular flexibility index (Phi) is 4.90. The molecule has 3 aromatic rings. The van der Waals surface area contributed by atoms with E-state index in [0.29, 0.717) is 54.0 Å². The van der Waals surface area contributed by atoms with Gasteiger partial charge in [0.2, 0.25) is 0 Å². The number of hydrogen-bond donors (Lipinski definition) is 1. The minimum absolute atomic E-state index is 0.0504. The summed E-state index contributed by atoms with van der Waals surface area (Å²) in [6.45, 7) is 2.25. The van der Waals surface area contributed by atoms with Gasteiger partial charge < -0.3 is 19.5 Å². The highest BCUT2D eigenvalue weighted by Crippen LogP contribution is 2.31. The van der Waals surface area contributed by atoms with Crippen LogP contribution in [-0.2, 0) is 11.8 Å². The molecule has 1 saturated heterocycles. The first-order chi connectivity index (χ1) is 13.6. The molecular weight excluding hydrogens is 378 g/mol. The lowest BCUT2D eigenvalue weighted by Gasteiger charge is -2.27. The van der Waals surface area contributed by atoms with Crippen LogP contribution in [0.4, 0.5) is 11.5 Å². The highest BCUT2D eigenvalue weighted by Gasteiger charge is 2.23. The number of amides is 1. The molecule has 0 atom stereocenters. The van der Waals surface area contributed by atoms with Gasteiger partial charge in [-0.25, -0.2) is 4.98 Å². The first kappa shape index (κ1) is 18.3. The third kappa shape index (κ3) is 3.28. The van der Waals surface area contributed by atoms with Crippen LogP contribution in [0.3, 0.4) is 0 Å². The van der Waals surface area contributed by atoms with E-state index in [0.717, 1.165) is 10.9 Å². The van der Waals surface area contributed by atoms with Gasteiger partial charge in [-0.2, -0.15) is 5.26 Å². The van der Waals surface area contributed by atoms with Gasteiger partial charge in [-0.1, -0.05) is 11.6 Å². The molecule has 142 valence electrons. The van der Waals surface area contributed by atoms with Gasteiger partial charge in [0.05, 0.1) is 46.6 Å². The molecule has 1 aliphatic heterocycles. The van der Waals surface area contributed by atoms with Crippen molar-refractivity contribution in [1.29, 1.82) is 5.26 Å². The number of morpholine rings is 1. The summed E-state index contributed by atoms with van der Waals surface area (Å²) in [5, 5.41) is 13.5. The van der Waals surface area contributed by atoms with Crippen molar-refractivity contribution in [2.75, 3.05) is 31.6 Å². The van der Waals surface area contributed by atoms with E-state index in [1.54, 1.807) is 29.3 Å². The van der Waals surface area contributed by atoms with E-state index in [9.17, 15) is 4.79 Å². The Morgan fingerprint density at radius 3 is 2.82 bits per heavy atom. The molecule has 1 amide bonds. The minimum atomic E-state index is -0.0504. The van der Waals surface area contributed by atoms with Crippen LogP contribution >= 0.6 is 11.6 Å². The fraction of sp³-hybridized carbons (Fsp3) is 0.250. The van der Waals surface area contributed by atoms with Crippen LogP contribution in [0.15, 0.2) is 36.7 Å². The Morgan fingerprint density at radius 2 is 2.11 bits per heavy atom. The molecule has 1 N–H and O–H groups in total. The lowest BCUT2D eigenvalue weighted by atomic mass is 10.1. The average molecular weight is 396 g/mol. The number of halogens is 1. The standard InChI is InChI=1S/C20H18ClN5O2/c1-25-5-4-14-18(25)15(20(27)26-6-8-28-9-7-26)12-23-19(14)24-17-3-2-13(11-22)10-16(17)21/h2-5,10,12H,6-9H2,1H3,(H,23,24). The SMILES string of the molecule is Cn1ccc2c(Nc3ccc(C#N)cc3Cl)ncc(C(=O)N3CCOCC3)c21. The zero-order valence-electron chi connectivity index (χ0n) is 15.3. The van der Waals surface area contributed by atoms with Crippen molar-refractivity contribution in [3.05, 3.63) is 52.8 Å². The Labute approximate surface area is 167 Å². The lowest BCUT2D eigenvalue weighted by molar-refractivity contribution is 0.0303. The third-order valence-corrected chi connectivity index (χ3v) is 5.10. The maximum absolute atomic E-state index is 13.0. The summed E-state index contributed by atoms with van der Waals surface area (Å²) in [4.78, 5) is 19.3. The molecule has 0 spiro atoms. The first-order valence-corrected chi connectivity index (χ1v) is 9.24. The van der Waals surface area contributed by atoms with Crippen molar-refractivity contribution in [3.63, 3.8) is 0 Å². The van der Waals surface area contributed by atoms with Crippen molar-refractivity contribution >= 4 is 39.9 Å². The van der Waals surface area contributed by atoms with Crippen LogP contribution in [0.1, 0.15) is 15.9 Å². The Hall–Kier alpha value is -3.08. The molecule has 8 heteroatoms. The summed E-state index contributed by atoms with van der Waals surface area (Å²) >= 11 is 6.28. The van der Waals surface area contributed by atoms with Gasteiger partial charge in [0.25, 0.3) is 5.91 Å². The molecule has 0 bridgehead atoms. The number of fused-ring (bicyclic) bond motifs is 1. The molecular formula is C20H18ClN5O2. The Balaban J connectivity index is 1.72. The number of aryl methyl sites for hydroxylation is 1. The lowest BCUT2D eigenvalue weighted by Crippen LogP contribution is -2.40. The second-order valence-corrected chi connectivity index (χ2v) is 6.95. The number of nitriles is 1. The maximum Gasteiger partial charge on any atom is 0.257 e. The molecule has 1 fully saturated rings. The molecule has 4 rings (SSSR count). The minimum Gasteiger partial charge on any atom is -0.378 e. The number of benzene rings is 1. The number of ether oxygens (including phenoxy) is 1. The monoisotopic (exact) mass is 395 g/mol. The molecule has 0 saturated carbocycles. The summed E-state index contributed by atoms with van der Waals surface area (Å²) in [6.07, 6.45) is 3.49. The van der Waals surface area contributed by atoms with Gasteiger partial charge in [0, 0.05) is 37.9 Å². The number of anilines is 2. The smallest absolute Gasteiger partial charge is 0.257 e. The number of pyridine rings is 1. The van der Waals surface area contributed by atoms with E-state index < -0.39 is 0 Å². The number of carbonyl (C=O) groups excluding carboxylic acids is 1. The van der Waals surface area contributed by atoms with Gasteiger partial charge >= 0.3 is 0 Å². The van der Waals surface area contributed by atoms with Gasteiger partial charge in [0.1, 0.15) is 5.82 Å². The largest absolute Gasteiger partial charge is 0.378 e. The number of hydrogen-bond acceptors (Lipinski definition) is 5. The van der Waals surface area contributed by atoms with Crippen LogP contribution in [0.5, 0.6) is 0 Å².